The SMILES string of the molecule is O=C(c1cnccn1)N1CCCC1c1cccc(Cc2ccccc2Cl)n1. The summed E-state index contributed by atoms with van der Waals surface area (Å²) >= 11 is 6.28. The molecule has 1 unspecified atom stereocenters. The number of carbonyl (C=O) groups excluding carboxylic acids is 1. The second-order valence-corrected chi connectivity index (χ2v) is 6.98. The summed E-state index contributed by atoms with van der Waals surface area (Å²) in [7, 11) is 0. The molecule has 1 atom stereocenters. The van der Waals surface area contributed by atoms with Gasteiger partial charge in [0, 0.05) is 36.1 Å². The minimum Gasteiger partial charge on any atom is -0.329 e. The van der Waals surface area contributed by atoms with Crippen molar-refractivity contribution in [3.8, 4) is 0 Å². The fourth-order valence-electron chi connectivity index (χ4n) is 3.49. The van der Waals surface area contributed by atoms with Crippen molar-refractivity contribution in [2.24, 2.45) is 0 Å². The highest BCUT2D eigenvalue weighted by atomic mass is 35.5. The highest BCUT2D eigenvalue weighted by Crippen LogP contribution is 2.32. The van der Waals surface area contributed by atoms with Crippen LogP contribution in [0.2, 0.25) is 5.02 Å². The average molecular weight is 379 g/mol. The minimum atomic E-state index is -0.0936. The molecule has 0 N–H and O–H groups in total. The number of halogens is 1. The van der Waals surface area contributed by atoms with Gasteiger partial charge in [-0.3, -0.25) is 14.8 Å². The number of nitrogens with zero attached hydrogens (tertiary/aromatic N) is 4. The zero-order valence-electron chi connectivity index (χ0n) is 14.8. The molecule has 3 aromatic rings. The number of rotatable bonds is 4. The van der Waals surface area contributed by atoms with Crippen molar-refractivity contribution in [1.29, 1.82) is 0 Å². The number of hydrogen-bond donors (Lipinski definition) is 0. The quantitative estimate of drug-likeness (QED) is 0.686. The van der Waals surface area contributed by atoms with Crippen molar-refractivity contribution >= 4 is 17.5 Å². The first-order valence-electron chi connectivity index (χ1n) is 8.98. The summed E-state index contributed by atoms with van der Waals surface area (Å²) in [4.78, 5) is 27.7. The Labute approximate surface area is 163 Å². The summed E-state index contributed by atoms with van der Waals surface area (Å²) in [6.07, 6.45) is 7.14. The van der Waals surface area contributed by atoms with Crippen LogP contribution in [0.25, 0.3) is 0 Å². The van der Waals surface area contributed by atoms with Gasteiger partial charge in [-0.1, -0.05) is 35.9 Å². The van der Waals surface area contributed by atoms with E-state index in [1.165, 1.54) is 6.20 Å². The molecule has 0 saturated carbocycles. The number of carbonyl (C=O) groups is 1. The highest BCUT2D eigenvalue weighted by molar-refractivity contribution is 6.31. The highest BCUT2D eigenvalue weighted by Gasteiger charge is 2.32. The van der Waals surface area contributed by atoms with Crippen LogP contribution in [0.15, 0.2) is 61.1 Å². The van der Waals surface area contributed by atoms with Crippen LogP contribution in [0.3, 0.4) is 0 Å². The largest absolute Gasteiger partial charge is 0.329 e. The molecule has 1 aromatic carbocycles. The topological polar surface area (TPSA) is 59.0 Å². The molecule has 136 valence electrons. The Bertz CT molecular complexity index is 948. The zero-order valence-corrected chi connectivity index (χ0v) is 15.5. The Kier molecular flexibility index (Phi) is 5.12. The van der Waals surface area contributed by atoms with Gasteiger partial charge in [0.15, 0.2) is 0 Å². The third-order valence-electron chi connectivity index (χ3n) is 4.80. The molecule has 1 fully saturated rings. The van der Waals surface area contributed by atoms with E-state index in [0.717, 1.165) is 34.8 Å². The lowest BCUT2D eigenvalue weighted by molar-refractivity contribution is 0.0726. The summed E-state index contributed by atoms with van der Waals surface area (Å²) < 4.78 is 0. The number of pyridine rings is 1. The molecule has 1 aliphatic heterocycles. The second-order valence-electron chi connectivity index (χ2n) is 6.57. The van der Waals surface area contributed by atoms with Gasteiger partial charge < -0.3 is 4.90 Å². The van der Waals surface area contributed by atoms with Crippen LogP contribution in [-0.2, 0) is 6.42 Å². The van der Waals surface area contributed by atoms with Crippen LogP contribution in [-0.4, -0.2) is 32.3 Å². The van der Waals surface area contributed by atoms with Gasteiger partial charge >= 0.3 is 0 Å². The number of hydrogen-bond acceptors (Lipinski definition) is 4. The van der Waals surface area contributed by atoms with Gasteiger partial charge in [0.05, 0.1) is 17.9 Å². The number of benzene rings is 1. The Balaban J connectivity index is 1.57. The van der Waals surface area contributed by atoms with Gasteiger partial charge in [-0.2, -0.15) is 0 Å². The van der Waals surface area contributed by atoms with E-state index < -0.39 is 0 Å². The smallest absolute Gasteiger partial charge is 0.274 e. The molecule has 1 amide bonds. The third-order valence-corrected chi connectivity index (χ3v) is 5.16. The van der Waals surface area contributed by atoms with Gasteiger partial charge in [0.1, 0.15) is 5.69 Å². The second kappa shape index (κ2) is 7.84. The summed E-state index contributed by atoms with van der Waals surface area (Å²) in [6.45, 7) is 0.705. The van der Waals surface area contributed by atoms with Crippen molar-refractivity contribution < 1.29 is 4.79 Å². The number of aromatic nitrogens is 3. The monoisotopic (exact) mass is 378 g/mol. The van der Waals surface area contributed by atoms with Crippen molar-refractivity contribution in [3.63, 3.8) is 0 Å². The van der Waals surface area contributed by atoms with Crippen LogP contribution in [0, 0.1) is 0 Å². The fourth-order valence-corrected chi connectivity index (χ4v) is 3.70. The average Bonchev–Trinajstić information content (AvgIpc) is 3.20. The fraction of sp³-hybridized carbons (Fsp3) is 0.238. The number of amides is 1. The minimum absolute atomic E-state index is 0.0364. The standard InChI is InChI=1S/C21H19ClN4O/c22-17-7-2-1-5-15(17)13-16-6-3-8-18(25-16)20-9-4-12-26(20)21(27)19-14-23-10-11-24-19/h1-3,5-8,10-11,14,20H,4,9,12-13H2. The normalized spacial score (nSPS) is 16.5. The first-order valence-corrected chi connectivity index (χ1v) is 9.36. The van der Waals surface area contributed by atoms with Gasteiger partial charge in [-0.05, 0) is 36.6 Å². The van der Waals surface area contributed by atoms with Crippen molar-refractivity contribution in [3.05, 3.63) is 88.7 Å². The van der Waals surface area contributed by atoms with Gasteiger partial charge in [-0.15, -0.1) is 0 Å². The lowest BCUT2D eigenvalue weighted by Gasteiger charge is -2.24. The van der Waals surface area contributed by atoms with Gasteiger partial charge in [0.2, 0.25) is 0 Å². The predicted molar refractivity (Wildman–Crippen MR) is 104 cm³/mol. The zero-order chi connectivity index (χ0) is 18.6. The van der Waals surface area contributed by atoms with Crippen LogP contribution >= 0.6 is 11.6 Å². The lowest BCUT2D eigenvalue weighted by Crippen LogP contribution is -2.31. The molecule has 0 bridgehead atoms. The first-order chi connectivity index (χ1) is 13.2. The van der Waals surface area contributed by atoms with E-state index in [2.05, 4.69) is 9.97 Å². The number of likely N-dealkylation sites (tertiary alicyclic amines) is 1. The Hall–Kier alpha value is -2.79. The third kappa shape index (κ3) is 3.83. The Morgan fingerprint density at radius 1 is 1.15 bits per heavy atom. The van der Waals surface area contributed by atoms with Crippen LogP contribution < -0.4 is 0 Å². The molecule has 3 heterocycles. The van der Waals surface area contributed by atoms with E-state index in [9.17, 15) is 4.79 Å². The van der Waals surface area contributed by atoms with Crippen molar-refractivity contribution in [2.45, 2.75) is 25.3 Å². The molecule has 0 aliphatic carbocycles. The molecule has 1 saturated heterocycles. The van der Waals surface area contributed by atoms with E-state index in [1.807, 2.05) is 47.4 Å². The molecular formula is C21H19ClN4O. The summed E-state index contributed by atoms with van der Waals surface area (Å²) in [5.41, 5.74) is 3.27. The summed E-state index contributed by atoms with van der Waals surface area (Å²) in [6, 6.07) is 13.7. The Morgan fingerprint density at radius 3 is 2.85 bits per heavy atom. The molecule has 0 radical (unpaired) electrons. The van der Waals surface area contributed by atoms with Crippen molar-refractivity contribution in [2.75, 3.05) is 6.54 Å². The molecule has 6 heteroatoms. The molecule has 0 spiro atoms. The Morgan fingerprint density at radius 2 is 2.04 bits per heavy atom. The maximum atomic E-state index is 12.8. The molecule has 1 aliphatic rings. The van der Waals surface area contributed by atoms with Gasteiger partial charge in [-0.25, -0.2) is 4.98 Å². The van der Waals surface area contributed by atoms with Crippen LogP contribution in [0.4, 0.5) is 0 Å². The van der Waals surface area contributed by atoms with E-state index >= 15 is 0 Å². The summed E-state index contributed by atoms with van der Waals surface area (Å²) in [5, 5.41) is 0.741. The van der Waals surface area contributed by atoms with E-state index in [4.69, 9.17) is 16.6 Å². The molecule has 2 aromatic heterocycles. The van der Waals surface area contributed by atoms with Crippen LogP contribution in [0.1, 0.15) is 46.3 Å². The maximum Gasteiger partial charge on any atom is 0.274 e. The maximum absolute atomic E-state index is 12.8. The molecule has 4 rings (SSSR count). The molecular weight excluding hydrogens is 360 g/mol. The van der Waals surface area contributed by atoms with Gasteiger partial charge in [0.25, 0.3) is 5.91 Å². The molecule has 27 heavy (non-hydrogen) atoms. The predicted octanol–water partition coefficient (Wildman–Crippen LogP) is 4.09. The summed E-state index contributed by atoms with van der Waals surface area (Å²) in [5.74, 6) is -0.0936. The lowest BCUT2D eigenvalue weighted by atomic mass is 10.1. The molecule has 5 nitrogen and oxygen atoms in total. The van der Waals surface area contributed by atoms with E-state index in [1.54, 1.807) is 12.4 Å². The first kappa shape index (κ1) is 17.6. The van der Waals surface area contributed by atoms with Crippen molar-refractivity contribution in [1.82, 2.24) is 19.9 Å². The van der Waals surface area contributed by atoms with E-state index in [-0.39, 0.29) is 11.9 Å². The van der Waals surface area contributed by atoms with Crippen LogP contribution in [0.5, 0.6) is 0 Å². The van der Waals surface area contributed by atoms with E-state index in [0.29, 0.717) is 18.7 Å².